The van der Waals surface area contributed by atoms with Crippen LogP contribution in [-0.2, 0) is 17.9 Å². The molecule has 0 amide bonds. The van der Waals surface area contributed by atoms with Gasteiger partial charge in [-0.2, -0.15) is 0 Å². The molecule has 15 heteroatoms. The minimum absolute atomic E-state index is 0.0774. The average Bonchev–Trinajstić information content (AvgIpc) is 2.96. The summed E-state index contributed by atoms with van der Waals surface area (Å²) in [5.74, 6) is 0. The largest absolute Gasteiger partial charge is 0.352 e. The van der Waals surface area contributed by atoms with Crippen LogP contribution in [-0.4, -0.2) is 41.8 Å². The SMILES string of the molecule is Cc1cn([C@H]2CC[C@@H](COP(O)OP(O)OP(O)O)O2)c(=O)[nH]c1=O. The molecule has 2 rings (SSSR count). The lowest BCUT2D eigenvalue weighted by atomic mass is 10.2. The van der Waals surface area contributed by atoms with Gasteiger partial charge in [0.05, 0.1) is 12.7 Å². The zero-order chi connectivity index (χ0) is 18.6. The smallest absolute Gasteiger partial charge is 0.344 e. The van der Waals surface area contributed by atoms with Crippen molar-refractivity contribution >= 4 is 25.8 Å². The van der Waals surface area contributed by atoms with E-state index < -0.39 is 49.4 Å². The van der Waals surface area contributed by atoms with E-state index in [9.17, 15) is 14.5 Å². The van der Waals surface area contributed by atoms with Gasteiger partial charge in [0.1, 0.15) is 6.23 Å². The van der Waals surface area contributed by atoms with Crippen LogP contribution in [0.4, 0.5) is 0 Å². The Morgan fingerprint density at radius 1 is 1.24 bits per heavy atom. The van der Waals surface area contributed by atoms with Crippen LogP contribution >= 0.6 is 25.8 Å². The van der Waals surface area contributed by atoms with Crippen molar-refractivity contribution < 1.29 is 37.5 Å². The predicted octanol–water partition coefficient (Wildman–Crippen LogP) is 0.222. The number of aromatic amines is 1. The maximum Gasteiger partial charge on any atom is 0.344 e. The van der Waals surface area contributed by atoms with Gasteiger partial charge in [-0.25, -0.2) is 13.4 Å². The number of rotatable bonds is 8. The van der Waals surface area contributed by atoms with Crippen molar-refractivity contribution in [2.75, 3.05) is 6.61 Å². The Labute approximate surface area is 144 Å². The lowest BCUT2D eigenvalue weighted by Gasteiger charge is -2.18. The Bertz CT molecular complexity index is 682. The number of aromatic nitrogens is 2. The van der Waals surface area contributed by atoms with Gasteiger partial charge in [0.15, 0.2) is 0 Å². The molecule has 0 aromatic carbocycles. The van der Waals surface area contributed by atoms with Crippen LogP contribution in [0, 0.1) is 6.92 Å². The molecular weight excluding hydrogens is 401 g/mol. The Hall–Kier alpha value is -0.350. The molecule has 2 heterocycles. The van der Waals surface area contributed by atoms with E-state index in [0.29, 0.717) is 18.4 Å². The van der Waals surface area contributed by atoms with E-state index in [4.69, 9.17) is 23.9 Å². The quantitative estimate of drug-likeness (QED) is 0.368. The van der Waals surface area contributed by atoms with E-state index in [1.807, 2.05) is 0 Å². The molecule has 1 aliphatic rings. The van der Waals surface area contributed by atoms with Crippen molar-refractivity contribution in [1.82, 2.24) is 9.55 Å². The standard InChI is InChI=1S/C10H17N2O10P3/c1-6-4-12(10(14)11-9(6)13)8-3-2-7(20-8)5-19-24(17)22-25(18)21-23(15)16/h4,7-8,15-18H,2-3,5H2,1H3,(H,11,13,14)/t7-,8+,24?,25?/m0/s1. The normalized spacial score (nSPS) is 23.1. The second-order valence-corrected chi connectivity index (χ2v) is 7.98. The van der Waals surface area contributed by atoms with Crippen molar-refractivity contribution in [1.29, 1.82) is 0 Å². The van der Waals surface area contributed by atoms with Crippen LogP contribution in [0.5, 0.6) is 0 Å². The number of ether oxygens (including phenoxy) is 1. The van der Waals surface area contributed by atoms with Gasteiger partial charge in [-0.3, -0.25) is 14.3 Å². The van der Waals surface area contributed by atoms with Gasteiger partial charge in [-0.05, 0) is 19.8 Å². The minimum atomic E-state index is -2.81. The number of aryl methyl sites for hydroxylation is 1. The number of hydrogen-bond donors (Lipinski definition) is 5. The van der Waals surface area contributed by atoms with Crippen molar-refractivity contribution in [3.05, 3.63) is 32.6 Å². The highest BCUT2D eigenvalue weighted by Gasteiger charge is 2.29. The Balaban J connectivity index is 1.82. The van der Waals surface area contributed by atoms with Gasteiger partial charge in [-0.15, -0.1) is 0 Å². The summed E-state index contributed by atoms with van der Waals surface area (Å²) in [6.07, 6.45) is 1.42. The van der Waals surface area contributed by atoms with E-state index in [0.717, 1.165) is 0 Å². The molecule has 0 radical (unpaired) electrons. The van der Waals surface area contributed by atoms with E-state index in [1.165, 1.54) is 10.8 Å². The van der Waals surface area contributed by atoms with E-state index in [1.54, 1.807) is 6.92 Å². The van der Waals surface area contributed by atoms with E-state index in [2.05, 4.69) is 13.6 Å². The van der Waals surface area contributed by atoms with Gasteiger partial charge in [-0.1, -0.05) is 0 Å². The molecule has 0 spiro atoms. The topological polar surface area (TPSA) is 173 Å². The molecule has 12 nitrogen and oxygen atoms in total. The van der Waals surface area contributed by atoms with Crippen molar-refractivity contribution in [2.45, 2.75) is 32.1 Å². The van der Waals surface area contributed by atoms with Crippen LogP contribution < -0.4 is 11.2 Å². The van der Waals surface area contributed by atoms with E-state index >= 15 is 0 Å². The maximum absolute atomic E-state index is 11.8. The molecule has 5 N–H and O–H groups in total. The van der Waals surface area contributed by atoms with Crippen molar-refractivity contribution in [3.8, 4) is 0 Å². The number of hydrogen-bond acceptors (Lipinski definition) is 10. The molecular formula is C10H17N2O10P3. The van der Waals surface area contributed by atoms with Crippen LogP contribution in [0.15, 0.2) is 15.8 Å². The van der Waals surface area contributed by atoms with E-state index in [-0.39, 0.29) is 6.61 Å². The summed E-state index contributed by atoms with van der Waals surface area (Å²) in [5.41, 5.74) is -0.666. The first-order chi connectivity index (χ1) is 11.8. The fourth-order valence-corrected chi connectivity index (χ4v) is 3.97. The van der Waals surface area contributed by atoms with Crippen LogP contribution in [0.3, 0.4) is 0 Å². The average molecular weight is 418 g/mol. The number of nitrogens with one attached hydrogen (secondary N) is 1. The first kappa shape index (κ1) is 21.0. The van der Waals surface area contributed by atoms with Crippen molar-refractivity contribution in [3.63, 3.8) is 0 Å². The molecule has 1 aromatic rings. The predicted molar refractivity (Wildman–Crippen MR) is 87.0 cm³/mol. The summed E-state index contributed by atoms with van der Waals surface area (Å²) >= 11 is 0. The molecule has 4 atom stereocenters. The molecule has 25 heavy (non-hydrogen) atoms. The third-order valence-corrected chi connectivity index (χ3v) is 5.83. The molecule has 0 aliphatic carbocycles. The van der Waals surface area contributed by atoms with Crippen LogP contribution in [0.25, 0.3) is 0 Å². The van der Waals surface area contributed by atoms with Crippen LogP contribution in [0.2, 0.25) is 0 Å². The lowest BCUT2D eigenvalue weighted by molar-refractivity contribution is -0.0215. The first-order valence-corrected chi connectivity index (χ1v) is 10.3. The third-order valence-electron chi connectivity index (χ3n) is 3.19. The summed E-state index contributed by atoms with van der Waals surface area (Å²) in [6.45, 7) is 1.49. The molecule has 1 saturated heterocycles. The third kappa shape index (κ3) is 6.39. The fourth-order valence-electron chi connectivity index (χ4n) is 2.12. The molecule has 1 fully saturated rings. The summed E-state index contributed by atoms with van der Waals surface area (Å²) in [5, 5.41) is 0. The zero-order valence-corrected chi connectivity index (χ0v) is 15.6. The first-order valence-electron chi connectivity index (χ1n) is 6.88. The second kappa shape index (κ2) is 9.55. The molecule has 142 valence electrons. The second-order valence-electron chi connectivity index (χ2n) is 4.96. The lowest BCUT2D eigenvalue weighted by Crippen LogP contribution is -2.33. The van der Waals surface area contributed by atoms with Gasteiger partial charge in [0.2, 0.25) is 0 Å². The number of H-pyrrole nitrogens is 1. The Kier molecular flexibility index (Phi) is 8.00. The van der Waals surface area contributed by atoms with Gasteiger partial charge >= 0.3 is 31.5 Å². The zero-order valence-electron chi connectivity index (χ0n) is 12.9. The maximum atomic E-state index is 11.8. The summed E-state index contributed by atoms with van der Waals surface area (Å²) in [7, 11) is -7.99. The highest BCUT2D eigenvalue weighted by atomic mass is 31.3. The van der Waals surface area contributed by atoms with Gasteiger partial charge in [0, 0.05) is 11.8 Å². The number of nitrogens with zero attached hydrogens (tertiary/aromatic N) is 1. The molecule has 1 aliphatic heterocycles. The monoisotopic (exact) mass is 418 g/mol. The van der Waals surface area contributed by atoms with Crippen molar-refractivity contribution in [2.24, 2.45) is 0 Å². The Morgan fingerprint density at radius 3 is 2.64 bits per heavy atom. The summed E-state index contributed by atoms with van der Waals surface area (Å²) in [6, 6.07) is 0. The molecule has 1 aromatic heterocycles. The molecule has 0 bridgehead atoms. The molecule has 2 unspecified atom stereocenters. The minimum Gasteiger partial charge on any atom is -0.352 e. The summed E-state index contributed by atoms with van der Waals surface area (Å²) < 4.78 is 20.6. The fraction of sp³-hybridized carbons (Fsp3) is 0.600. The van der Waals surface area contributed by atoms with Gasteiger partial charge < -0.3 is 28.8 Å². The highest BCUT2D eigenvalue weighted by molar-refractivity contribution is 7.60. The molecule has 0 saturated carbocycles. The van der Waals surface area contributed by atoms with Gasteiger partial charge in [0.25, 0.3) is 5.56 Å². The van der Waals surface area contributed by atoms with Crippen LogP contribution in [0.1, 0.15) is 24.6 Å². The summed E-state index contributed by atoms with van der Waals surface area (Å²) in [4.78, 5) is 61.1. The Morgan fingerprint density at radius 2 is 1.96 bits per heavy atom. The highest BCUT2D eigenvalue weighted by Crippen LogP contribution is 2.55.